The molecule has 0 saturated heterocycles. The lowest BCUT2D eigenvalue weighted by molar-refractivity contribution is -0.120. The number of unbranched alkanes of at least 4 members (excludes halogenated alkanes) is 1. The van der Waals surface area contributed by atoms with E-state index in [1.807, 2.05) is 19.9 Å². The number of nitrogens with one attached hydrogen (secondary N) is 1. The van der Waals surface area contributed by atoms with Crippen LogP contribution in [0.3, 0.4) is 0 Å². The topological polar surface area (TPSA) is 72.9 Å². The van der Waals surface area contributed by atoms with Gasteiger partial charge in [0, 0.05) is 22.8 Å². The van der Waals surface area contributed by atoms with Crippen molar-refractivity contribution in [3.05, 3.63) is 45.2 Å². The Morgan fingerprint density at radius 3 is 2.71 bits per heavy atom. The van der Waals surface area contributed by atoms with Crippen molar-refractivity contribution >= 4 is 29.1 Å². The second kappa shape index (κ2) is 8.51. The maximum Gasteiger partial charge on any atom is 0.224 e. The number of hydrogen-bond donors (Lipinski definition) is 2. The molecule has 0 fully saturated rings. The molecule has 2 aromatic rings. The third-order valence-corrected chi connectivity index (χ3v) is 4.41. The van der Waals surface area contributed by atoms with Gasteiger partial charge in [-0.25, -0.2) is 4.68 Å². The molecular formula is C17H22Cl2N4O. The summed E-state index contributed by atoms with van der Waals surface area (Å²) >= 11 is 12.2. The molecule has 2 rings (SSSR count). The van der Waals surface area contributed by atoms with E-state index in [9.17, 15) is 4.79 Å². The summed E-state index contributed by atoms with van der Waals surface area (Å²) in [7, 11) is 0. The zero-order valence-electron chi connectivity index (χ0n) is 13.9. The molecule has 1 amide bonds. The SMILES string of the molecule is Cc1nn(-c2ccc(Cl)cc2Cl)c(C)c1CC(=O)NCCCCN. The van der Waals surface area contributed by atoms with Gasteiger partial charge >= 0.3 is 0 Å². The fourth-order valence-corrected chi connectivity index (χ4v) is 3.03. The Bertz CT molecular complexity index is 728. The molecule has 130 valence electrons. The van der Waals surface area contributed by atoms with Gasteiger partial charge < -0.3 is 11.1 Å². The summed E-state index contributed by atoms with van der Waals surface area (Å²) in [4.78, 5) is 12.1. The molecule has 1 heterocycles. The zero-order valence-corrected chi connectivity index (χ0v) is 15.4. The van der Waals surface area contributed by atoms with Crippen LogP contribution in [0.5, 0.6) is 0 Å². The number of rotatable bonds is 7. The van der Waals surface area contributed by atoms with Crippen LogP contribution in [0, 0.1) is 13.8 Å². The minimum Gasteiger partial charge on any atom is -0.356 e. The Labute approximate surface area is 152 Å². The highest BCUT2D eigenvalue weighted by molar-refractivity contribution is 6.35. The summed E-state index contributed by atoms with van der Waals surface area (Å²) in [5.74, 6) is -0.0139. The molecule has 0 aliphatic heterocycles. The molecule has 0 radical (unpaired) electrons. The Hall–Kier alpha value is -1.56. The quantitative estimate of drug-likeness (QED) is 0.737. The van der Waals surface area contributed by atoms with E-state index in [2.05, 4.69) is 10.4 Å². The smallest absolute Gasteiger partial charge is 0.224 e. The van der Waals surface area contributed by atoms with Gasteiger partial charge in [-0.1, -0.05) is 23.2 Å². The van der Waals surface area contributed by atoms with Crippen LogP contribution < -0.4 is 11.1 Å². The van der Waals surface area contributed by atoms with Crippen molar-refractivity contribution in [1.29, 1.82) is 0 Å². The summed E-state index contributed by atoms with van der Waals surface area (Å²) in [5.41, 5.74) is 8.82. The maximum absolute atomic E-state index is 12.1. The van der Waals surface area contributed by atoms with Gasteiger partial charge in [0.15, 0.2) is 0 Å². The second-order valence-electron chi connectivity index (χ2n) is 5.68. The molecular weight excluding hydrogens is 347 g/mol. The largest absolute Gasteiger partial charge is 0.356 e. The average Bonchev–Trinajstić information content (AvgIpc) is 2.80. The average molecular weight is 369 g/mol. The van der Waals surface area contributed by atoms with Crippen molar-refractivity contribution < 1.29 is 4.79 Å². The molecule has 3 N–H and O–H groups in total. The van der Waals surface area contributed by atoms with E-state index in [1.54, 1.807) is 16.8 Å². The Morgan fingerprint density at radius 2 is 2.04 bits per heavy atom. The number of aromatic nitrogens is 2. The summed E-state index contributed by atoms with van der Waals surface area (Å²) in [6.45, 7) is 5.11. The second-order valence-corrected chi connectivity index (χ2v) is 6.52. The summed E-state index contributed by atoms with van der Waals surface area (Å²) < 4.78 is 1.75. The molecule has 0 saturated carbocycles. The van der Waals surface area contributed by atoms with Crippen LogP contribution in [-0.2, 0) is 11.2 Å². The molecule has 1 aromatic carbocycles. The molecule has 0 bridgehead atoms. The first-order chi connectivity index (χ1) is 11.4. The Balaban J connectivity index is 2.15. The van der Waals surface area contributed by atoms with Crippen LogP contribution in [0.15, 0.2) is 18.2 Å². The third-order valence-electron chi connectivity index (χ3n) is 3.87. The van der Waals surface area contributed by atoms with Gasteiger partial charge in [-0.3, -0.25) is 4.79 Å². The molecule has 0 unspecified atom stereocenters. The van der Waals surface area contributed by atoms with E-state index in [4.69, 9.17) is 28.9 Å². The van der Waals surface area contributed by atoms with Gasteiger partial charge in [-0.15, -0.1) is 0 Å². The highest BCUT2D eigenvalue weighted by Crippen LogP contribution is 2.27. The molecule has 0 aliphatic rings. The molecule has 0 spiro atoms. The number of nitrogens with two attached hydrogens (primary N) is 1. The lowest BCUT2D eigenvalue weighted by atomic mass is 10.1. The summed E-state index contributed by atoms with van der Waals surface area (Å²) in [6.07, 6.45) is 2.09. The lowest BCUT2D eigenvalue weighted by Gasteiger charge is -2.08. The molecule has 0 aliphatic carbocycles. The monoisotopic (exact) mass is 368 g/mol. The zero-order chi connectivity index (χ0) is 17.7. The molecule has 7 heteroatoms. The van der Waals surface area contributed by atoms with Crippen LogP contribution in [0.1, 0.15) is 29.8 Å². The van der Waals surface area contributed by atoms with Crippen molar-refractivity contribution in [2.45, 2.75) is 33.1 Å². The number of aryl methyl sites for hydroxylation is 1. The number of hydrogen-bond acceptors (Lipinski definition) is 3. The number of amides is 1. The Kier molecular flexibility index (Phi) is 6.66. The highest BCUT2D eigenvalue weighted by Gasteiger charge is 2.17. The summed E-state index contributed by atoms with van der Waals surface area (Å²) in [6, 6.07) is 5.27. The van der Waals surface area contributed by atoms with E-state index < -0.39 is 0 Å². The van der Waals surface area contributed by atoms with Gasteiger partial charge in [-0.05, 0) is 51.4 Å². The summed E-state index contributed by atoms with van der Waals surface area (Å²) in [5, 5.41) is 8.53. The molecule has 24 heavy (non-hydrogen) atoms. The van der Waals surface area contributed by atoms with Crippen LogP contribution in [-0.4, -0.2) is 28.8 Å². The van der Waals surface area contributed by atoms with Crippen LogP contribution in [0.4, 0.5) is 0 Å². The first-order valence-corrected chi connectivity index (χ1v) is 8.67. The highest BCUT2D eigenvalue weighted by atomic mass is 35.5. The number of benzene rings is 1. The maximum atomic E-state index is 12.1. The van der Waals surface area contributed by atoms with Gasteiger partial charge in [-0.2, -0.15) is 5.10 Å². The molecule has 0 atom stereocenters. The number of nitrogens with zero attached hydrogens (tertiary/aromatic N) is 2. The van der Waals surface area contributed by atoms with Crippen LogP contribution >= 0.6 is 23.2 Å². The fraction of sp³-hybridized carbons (Fsp3) is 0.412. The Morgan fingerprint density at radius 1 is 1.29 bits per heavy atom. The lowest BCUT2D eigenvalue weighted by Crippen LogP contribution is -2.26. The van der Waals surface area contributed by atoms with Crippen molar-refractivity contribution in [2.75, 3.05) is 13.1 Å². The van der Waals surface area contributed by atoms with E-state index in [1.165, 1.54) is 0 Å². The van der Waals surface area contributed by atoms with E-state index >= 15 is 0 Å². The molecule has 1 aromatic heterocycles. The van der Waals surface area contributed by atoms with Crippen molar-refractivity contribution in [3.8, 4) is 5.69 Å². The number of carbonyl (C=O) groups is 1. The van der Waals surface area contributed by atoms with Crippen molar-refractivity contribution in [1.82, 2.24) is 15.1 Å². The van der Waals surface area contributed by atoms with Gasteiger partial charge in [0.05, 0.1) is 22.8 Å². The van der Waals surface area contributed by atoms with Crippen molar-refractivity contribution in [3.63, 3.8) is 0 Å². The van der Waals surface area contributed by atoms with Crippen LogP contribution in [0.25, 0.3) is 5.69 Å². The number of halogens is 2. The van der Waals surface area contributed by atoms with Crippen molar-refractivity contribution in [2.24, 2.45) is 5.73 Å². The molecule has 5 nitrogen and oxygen atoms in total. The number of carbonyl (C=O) groups excluding carboxylic acids is 1. The first kappa shape index (κ1) is 18.8. The van der Waals surface area contributed by atoms with E-state index in [0.29, 0.717) is 29.6 Å². The van der Waals surface area contributed by atoms with Gasteiger partial charge in [0.25, 0.3) is 0 Å². The van der Waals surface area contributed by atoms with Crippen LogP contribution in [0.2, 0.25) is 10.0 Å². The minimum atomic E-state index is -0.0139. The predicted octanol–water partition coefficient (Wildman–Crippen LogP) is 3.19. The first-order valence-electron chi connectivity index (χ1n) is 7.91. The predicted molar refractivity (Wildman–Crippen MR) is 98.1 cm³/mol. The van der Waals surface area contributed by atoms with E-state index in [-0.39, 0.29) is 5.91 Å². The standard InChI is InChI=1S/C17H22Cl2N4O/c1-11-14(10-17(24)21-8-4-3-7-20)12(2)23(22-11)16-6-5-13(18)9-15(16)19/h5-6,9H,3-4,7-8,10,20H2,1-2H3,(H,21,24). The van der Waals surface area contributed by atoms with E-state index in [0.717, 1.165) is 35.5 Å². The minimum absolute atomic E-state index is 0.0139. The van der Waals surface area contributed by atoms with Gasteiger partial charge in [0.2, 0.25) is 5.91 Å². The third kappa shape index (κ3) is 4.50. The van der Waals surface area contributed by atoms with Gasteiger partial charge in [0.1, 0.15) is 0 Å². The normalized spacial score (nSPS) is 10.9. The fourth-order valence-electron chi connectivity index (χ4n) is 2.54.